The van der Waals surface area contributed by atoms with Crippen LogP contribution in [0.4, 0.5) is 5.82 Å². The Bertz CT molecular complexity index is 588. The molecule has 0 atom stereocenters. The van der Waals surface area contributed by atoms with Crippen LogP contribution < -0.4 is 10.5 Å². The Morgan fingerprint density at radius 1 is 1.33 bits per heavy atom. The van der Waals surface area contributed by atoms with Gasteiger partial charge in [0.15, 0.2) is 0 Å². The molecule has 0 radical (unpaired) electrons. The number of ether oxygens (including phenoxy) is 1. The lowest BCUT2D eigenvalue weighted by Crippen LogP contribution is -2.02. The summed E-state index contributed by atoms with van der Waals surface area (Å²) in [6.07, 6.45) is 2.27. The van der Waals surface area contributed by atoms with E-state index in [1.165, 1.54) is 0 Å². The molecule has 1 saturated carbocycles. The molecule has 1 aliphatic carbocycles. The van der Waals surface area contributed by atoms with E-state index in [4.69, 9.17) is 10.5 Å². The van der Waals surface area contributed by atoms with Gasteiger partial charge in [-0.25, -0.2) is 9.67 Å². The molecule has 0 aliphatic heterocycles. The Balaban J connectivity index is 1.89. The molecule has 2 aromatic rings. The van der Waals surface area contributed by atoms with Gasteiger partial charge in [0.25, 0.3) is 0 Å². The van der Waals surface area contributed by atoms with Crippen LogP contribution >= 0.6 is 0 Å². The summed E-state index contributed by atoms with van der Waals surface area (Å²) in [6.45, 7) is 1.91. The summed E-state index contributed by atoms with van der Waals surface area (Å²) in [6, 6.07) is 3.49. The van der Waals surface area contributed by atoms with Crippen LogP contribution in [-0.2, 0) is 7.05 Å². The second-order valence-electron chi connectivity index (χ2n) is 4.61. The Hall–Kier alpha value is -2.11. The molecule has 0 saturated heterocycles. The largest absolute Gasteiger partial charge is 0.421 e. The minimum absolute atomic E-state index is 0.445. The van der Waals surface area contributed by atoms with Crippen molar-refractivity contribution >= 4 is 5.82 Å². The fourth-order valence-electron chi connectivity index (χ4n) is 1.83. The van der Waals surface area contributed by atoms with Gasteiger partial charge in [-0.05, 0) is 19.8 Å². The van der Waals surface area contributed by atoms with Crippen LogP contribution in [0.25, 0.3) is 0 Å². The van der Waals surface area contributed by atoms with Crippen LogP contribution in [0.1, 0.15) is 30.3 Å². The third-order valence-corrected chi connectivity index (χ3v) is 2.85. The molecule has 0 unspecified atom stereocenters. The number of hydrogen-bond acceptors (Lipinski definition) is 5. The summed E-state index contributed by atoms with van der Waals surface area (Å²) in [5, 5.41) is 4.22. The molecular weight excluding hydrogens is 230 g/mol. The maximum Gasteiger partial charge on any atom is 0.226 e. The van der Waals surface area contributed by atoms with E-state index < -0.39 is 0 Å². The van der Waals surface area contributed by atoms with Gasteiger partial charge >= 0.3 is 0 Å². The van der Waals surface area contributed by atoms with Crippen LogP contribution in [0, 0.1) is 6.92 Å². The molecule has 2 heterocycles. The molecule has 1 aliphatic rings. The van der Waals surface area contributed by atoms with Crippen LogP contribution in [-0.4, -0.2) is 19.7 Å². The monoisotopic (exact) mass is 245 g/mol. The van der Waals surface area contributed by atoms with Crippen molar-refractivity contribution in [3.05, 3.63) is 23.7 Å². The minimum Gasteiger partial charge on any atom is -0.421 e. The van der Waals surface area contributed by atoms with E-state index in [9.17, 15) is 0 Å². The van der Waals surface area contributed by atoms with Crippen LogP contribution in [0.15, 0.2) is 12.1 Å². The van der Waals surface area contributed by atoms with E-state index in [1.807, 2.05) is 20.0 Å². The van der Waals surface area contributed by atoms with Crippen LogP contribution in [0.2, 0.25) is 0 Å². The Morgan fingerprint density at radius 3 is 2.72 bits per heavy atom. The summed E-state index contributed by atoms with van der Waals surface area (Å²) in [7, 11) is 1.83. The van der Waals surface area contributed by atoms with E-state index in [2.05, 4.69) is 15.1 Å². The Kier molecular flexibility index (Phi) is 2.43. The first-order chi connectivity index (χ1) is 8.61. The highest BCUT2D eigenvalue weighted by Crippen LogP contribution is 2.39. The minimum atomic E-state index is 0.445. The number of nitrogen functional groups attached to an aromatic ring is 1. The lowest BCUT2D eigenvalue weighted by molar-refractivity contribution is 0.413. The highest BCUT2D eigenvalue weighted by Gasteiger charge is 2.27. The highest BCUT2D eigenvalue weighted by atomic mass is 16.5. The van der Waals surface area contributed by atoms with Gasteiger partial charge in [-0.15, -0.1) is 0 Å². The van der Waals surface area contributed by atoms with Gasteiger partial charge in [0.2, 0.25) is 11.8 Å². The zero-order valence-corrected chi connectivity index (χ0v) is 10.4. The van der Waals surface area contributed by atoms with Crippen LogP contribution in [0.5, 0.6) is 11.8 Å². The standard InChI is InChI=1S/C12H15N5O/c1-7-5-11(17(2)16-7)18-10-6-9(13)14-12(15-10)8-3-4-8/h5-6,8H,3-4H2,1-2H3,(H2,13,14,15). The molecule has 6 nitrogen and oxygen atoms in total. The summed E-state index contributed by atoms with van der Waals surface area (Å²) >= 11 is 0. The van der Waals surface area contributed by atoms with Gasteiger partial charge in [0.05, 0.1) is 5.69 Å². The fourth-order valence-corrected chi connectivity index (χ4v) is 1.83. The van der Waals surface area contributed by atoms with Gasteiger partial charge in [-0.3, -0.25) is 0 Å². The molecule has 2 aromatic heterocycles. The summed E-state index contributed by atoms with van der Waals surface area (Å²) < 4.78 is 7.37. The SMILES string of the molecule is Cc1cc(Oc2cc(N)nc(C3CC3)n2)n(C)n1. The molecule has 1 fully saturated rings. The van der Waals surface area contributed by atoms with Gasteiger partial charge in [-0.1, -0.05) is 0 Å². The number of nitrogens with two attached hydrogens (primary N) is 1. The van der Waals surface area contributed by atoms with Gasteiger partial charge in [-0.2, -0.15) is 10.1 Å². The normalized spacial score (nSPS) is 14.8. The first kappa shape index (κ1) is 11.0. The first-order valence-corrected chi connectivity index (χ1v) is 5.95. The number of anilines is 1. The van der Waals surface area contributed by atoms with Crippen molar-refractivity contribution in [3.8, 4) is 11.8 Å². The van der Waals surface area contributed by atoms with Crippen LogP contribution in [0.3, 0.4) is 0 Å². The maximum absolute atomic E-state index is 5.77. The van der Waals surface area contributed by atoms with E-state index in [1.54, 1.807) is 10.7 Å². The fraction of sp³-hybridized carbons (Fsp3) is 0.417. The maximum atomic E-state index is 5.77. The average Bonchev–Trinajstić information content (AvgIpc) is 3.06. The molecule has 94 valence electrons. The van der Waals surface area contributed by atoms with Gasteiger partial charge in [0.1, 0.15) is 11.6 Å². The van der Waals surface area contributed by atoms with E-state index in [-0.39, 0.29) is 0 Å². The third-order valence-electron chi connectivity index (χ3n) is 2.85. The molecule has 0 bridgehead atoms. The second kappa shape index (κ2) is 3.97. The Labute approximate surface area is 105 Å². The number of aromatic nitrogens is 4. The van der Waals surface area contributed by atoms with Crippen molar-refractivity contribution in [1.29, 1.82) is 0 Å². The molecule has 2 N–H and O–H groups in total. The Morgan fingerprint density at radius 2 is 2.11 bits per heavy atom. The van der Waals surface area contributed by atoms with E-state index in [0.717, 1.165) is 24.4 Å². The predicted octanol–water partition coefficient (Wildman–Crippen LogP) is 1.77. The van der Waals surface area contributed by atoms with Crippen molar-refractivity contribution in [2.45, 2.75) is 25.7 Å². The molecular formula is C12H15N5O. The third kappa shape index (κ3) is 2.13. The molecule has 18 heavy (non-hydrogen) atoms. The van der Waals surface area contributed by atoms with E-state index >= 15 is 0 Å². The zero-order chi connectivity index (χ0) is 12.7. The molecule has 0 spiro atoms. The van der Waals surface area contributed by atoms with Crippen molar-refractivity contribution in [2.75, 3.05) is 5.73 Å². The lowest BCUT2D eigenvalue weighted by Gasteiger charge is -2.06. The predicted molar refractivity (Wildman–Crippen MR) is 66.4 cm³/mol. The number of aryl methyl sites for hydroxylation is 2. The highest BCUT2D eigenvalue weighted by molar-refractivity contribution is 5.35. The molecule has 0 amide bonds. The molecule has 3 rings (SSSR count). The first-order valence-electron chi connectivity index (χ1n) is 5.95. The molecule has 0 aromatic carbocycles. The number of hydrogen-bond donors (Lipinski definition) is 1. The average molecular weight is 245 g/mol. The molecule has 6 heteroatoms. The van der Waals surface area contributed by atoms with Crippen molar-refractivity contribution < 1.29 is 4.74 Å². The van der Waals surface area contributed by atoms with E-state index in [0.29, 0.717) is 23.5 Å². The topological polar surface area (TPSA) is 78.9 Å². The zero-order valence-electron chi connectivity index (χ0n) is 10.4. The van der Waals surface area contributed by atoms with Crippen molar-refractivity contribution in [2.24, 2.45) is 7.05 Å². The van der Waals surface area contributed by atoms with Gasteiger partial charge in [0, 0.05) is 25.1 Å². The second-order valence-corrected chi connectivity index (χ2v) is 4.61. The lowest BCUT2D eigenvalue weighted by atomic mass is 10.4. The van der Waals surface area contributed by atoms with Crippen molar-refractivity contribution in [1.82, 2.24) is 19.7 Å². The summed E-state index contributed by atoms with van der Waals surface area (Å²) in [5.74, 6) is 2.80. The van der Waals surface area contributed by atoms with Crippen molar-refractivity contribution in [3.63, 3.8) is 0 Å². The summed E-state index contributed by atoms with van der Waals surface area (Å²) in [5.41, 5.74) is 6.67. The summed E-state index contributed by atoms with van der Waals surface area (Å²) in [4.78, 5) is 8.62. The number of rotatable bonds is 3. The smallest absolute Gasteiger partial charge is 0.226 e. The number of nitrogens with zero attached hydrogens (tertiary/aromatic N) is 4. The quantitative estimate of drug-likeness (QED) is 0.891. The van der Waals surface area contributed by atoms with Gasteiger partial charge < -0.3 is 10.5 Å².